The summed E-state index contributed by atoms with van der Waals surface area (Å²) in [6, 6.07) is 2.91. The van der Waals surface area contributed by atoms with Crippen LogP contribution in [0.3, 0.4) is 0 Å². The van der Waals surface area contributed by atoms with Crippen molar-refractivity contribution in [2.45, 2.75) is 0 Å². The average Bonchev–Trinajstić information content (AvgIpc) is 2.01. The van der Waals surface area contributed by atoms with Crippen molar-refractivity contribution in [1.29, 1.82) is 0 Å². The topological polar surface area (TPSA) is 9.23 Å². The number of halogens is 2. The highest BCUT2D eigenvalue weighted by atomic mass is 35.5. The SMILES string of the molecule is [B]c1c(Cl)ccc(OC)c1F. The van der Waals surface area contributed by atoms with Gasteiger partial charge in [0, 0.05) is 5.02 Å². The van der Waals surface area contributed by atoms with Gasteiger partial charge in [-0.25, -0.2) is 4.39 Å². The lowest BCUT2D eigenvalue weighted by Crippen LogP contribution is -2.11. The van der Waals surface area contributed by atoms with Gasteiger partial charge in [0.15, 0.2) is 11.6 Å². The van der Waals surface area contributed by atoms with E-state index >= 15 is 0 Å². The molecule has 11 heavy (non-hydrogen) atoms. The maximum atomic E-state index is 12.9. The molecule has 0 fully saturated rings. The predicted molar refractivity (Wildman–Crippen MR) is 43.4 cm³/mol. The van der Waals surface area contributed by atoms with Crippen LogP contribution in [0.5, 0.6) is 5.75 Å². The van der Waals surface area contributed by atoms with Crippen molar-refractivity contribution in [3.8, 4) is 5.75 Å². The first-order chi connectivity index (χ1) is 5.16. The first-order valence-electron chi connectivity index (χ1n) is 2.94. The normalized spacial score (nSPS) is 9.73. The van der Waals surface area contributed by atoms with Crippen molar-refractivity contribution in [2.24, 2.45) is 0 Å². The fourth-order valence-electron chi connectivity index (χ4n) is 0.707. The van der Waals surface area contributed by atoms with E-state index in [-0.39, 0.29) is 16.2 Å². The number of hydrogen-bond donors (Lipinski definition) is 0. The molecule has 0 heterocycles. The summed E-state index contributed by atoms with van der Waals surface area (Å²) < 4.78 is 17.6. The molecule has 0 amide bonds. The highest BCUT2D eigenvalue weighted by Crippen LogP contribution is 2.17. The molecule has 0 bridgehead atoms. The molecule has 0 aliphatic heterocycles. The van der Waals surface area contributed by atoms with Crippen LogP contribution in [0, 0.1) is 5.82 Å². The minimum atomic E-state index is -0.611. The van der Waals surface area contributed by atoms with Gasteiger partial charge in [0.05, 0.1) is 7.11 Å². The molecule has 0 aromatic heterocycles. The Hall–Kier alpha value is -0.695. The number of methoxy groups -OCH3 is 1. The van der Waals surface area contributed by atoms with Crippen molar-refractivity contribution in [3.63, 3.8) is 0 Å². The molecule has 0 aliphatic carbocycles. The lowest BCUT2D eigenvalue weighted by molar-refractivity contribution is 0.388. The van der Waals surface area contributed by atoms with Gasteiger partial charge in [0.2, 0.25) is 0 Å². The molecule has 0 atom stereocenters. The standard InChI is InChI=1S/C7H5BClFO/c1-11-5-3-2-4(9)6(8)7(5)10/h2-3H,1H3. The molecule has 1 rings (SSSR count). The molecule has 0 aliphatic rings. The molecular formula is C7H5BClFO. The van der Waals surface area contributed by atoms with Gasteiger partial charge in [-0.15, -0.1) is 0 Å². The van der Waals surface area contributed by atoms with Crippen LogP contribution in [0.25, 0.3) is 0 Å². The molecule has 0 unspecified atom stereocenters. The maximum absolute atomic E-state index is 12.9. The second-order valence-electron chi connectivity index (χ2n) is 1.98. The van der Waals surface area contributed by atoms with Gasteiger partial charge in [-0.3, -0.25) is 0 Å². The van der Waals surface area contributed by atoms with Gasteiger partial charge in [-0.2, -0.15) is 0 Å². The van der Waals surface area contributed by atoms with Crippen LogP contribution in [0.4, 0.5) is 4.39 Å². The van der Waals surface area contributed by atoms with Crippen LogP contribution in [-0.4, -0.2) is 15.0 Å². The minimum Gasteiger partial charge on any atom is -0.494 e. The Labute approximate surface area is 70.5 Å². The smallest absolute Gasteiger partial charge is 0.159 e. The first kappa shape index (κ1) is 8.40. The zero-order chi connectivity index (χ0) is 8.43. The third-order valence-corrected chi connectivity index (χ3v) is 1.64. The molecule has 0 N–H and O–H groups in total. The second kappa shape index (κ2) is 3.14. The van der Waals surface area contributed by atoms with E-state index in [4.69, 9.17) is 19.4 Å². The summed E-state index contributed by atoms with van der Waals surface area (Å²) in [6.07, 6.45) is 0. The van der Waals surface area contributed by atoms with Crippen LogP contribution in [0.2, 0.25) is 5.02 Å². The zero-order valence-electron chi connectivity index (χ0n) is 5.90. The van der Waals surface area contributed by atoms with Gasteiger partial charge in [-0.1, -0.05) is 11.6 Å². The van der Waals surface area contributed by atoms with Crippen LogP contribution in [0.15, 0.2) is 12.1 Å². The molecule has 0 saturated carbocycles. The molecule has 1 aromatic carbocycles. The van der Waals surface area contributed by atoms with Crippen LogP contribution in [0.1, 0.15) is 0 Å². The largest absolute Gasteiger partial charge is 0.494 e. The maximum Gasteiger partial charge on any atom is 0.159 e. The Morgan fingerprint density at radius 3 is 2.73 bits per heavy atom. The highest BCUT2D eigenvalue weighted by Gasteiger charge is 2.06. The summed E-state index contributed by atoms with van der Waals surface area (Å²) in [7, 11) is 6.64. The predicted octanol–water partition coefficient (Wildman–Crippen LogP) is 1.28. The van der Waals surface area contributed by atoms with Crippen LogP contribution < -0.4 is 10.2 Å². The number of benzene rings is 1. The lowest BCUT2D eigenvalue weighted by Gasteiger charge is -2.04. The van der Waals surface area contributed by atoms with E-state index in [2.05, 4.69) is 4.74 Å². The summed E-state index contributed by atoms with van der Waals surface area (Å²) >= 11 is 5.52. The van der Waals surface area contributed by atoms with E-state index in [0.717, 1.165) is 0 Å². The Bertz CT molecular complexity index is 277. The van der Waals surface area contributed by atoms with Gasteiger partial charge in [0.25, 0.3) is 0 Å². The Kier molecular flexibility index (Phi) is 2.40. The first-order valence-corrected chi connectivity index (χ1v) is 3.32. The van der Waals surface area contributed by atoms with E-state index in [1.807, 2.05) is 0 Å². The van der Waals surface area contributed by atoms with E-state index in [1.54, 1.807) is 0 Å². The highest BCUT2D eigenvalue weighted by molar-refractivity contribution is 6.45. The molecule has 0 saturated heterocycles. The minimum absolute atomic E-state index is 0.0778. The Morgan fingerprint density at radius 2 is 2.18 bits per heavy atom. The Balaban J connectivity index is 3.25. The lowest BCUT2D eigenvalue weighted by atomic mass is 9.95. The van der Waals surface area contributed by atoms with Gasteiger partial charge < -0.3 is 4.74 Å². The molecule has 1 aromatic rings. The Morgan fingerprint density at radius 1 is 1.55 bits per heavy atom. The van der Waals surface area contributed by atoms with Crippen molar-refractivity contribution >= 4 is 24.9 Å². The van der Waals surface area contributed by atoms with Crippen molar-refractivity contribution in [3.05, 3.63) is 23.0 Å². The van der Waals surface area contributed by atoms with E-state index < -0.39 is 5.82 Å². The number of ether oxygens (including phenoxy) is 1. The summed E-state index contributed by atoms with van der Waals surface area (Å²) in [5, 5.41) is 0.198. The summed E-state index contributed by atoms with van der Waals surface area (Å²) in [6.45, 7) is 0. The van der Waals surface area contributed by atoms with Crippen LogP contribution >= 0.6 is 11.6 Å². The summed E-state index contributed by atoms with van der Waals surface area (Å²) in [4.78, 5) is 0. The van der Waals surface area contributed by atoms with E-state index in [0.29, 0.717) is 0 Å². The van der Waals surface area contributed by atoms with Gasteiger partial charge in [-0.05, 0) is 17.6 Å². The fraction of sp³-hybridized carbons (Fsp3) is 0.143. The van der Waals surface area contributed by atoms with Crippen molar-refractivity contribution < 1.29 is 9.13 Å². The molecule has 1 nitrogen and oxygen atoms in total. The summed E-state index contributed by atoms with van der Waals surface area (Å²) in [5.74, 6) is -0.507. The third kappa shape index (κ3) is 1.48. The van der Waals surface area contributed by atoms with E-state index in [1.165, 1.54) is 19.2 Å². The molecule has 2 radical (unpaired) electrons. The zero-order valence-corrected chi connectivity index (χ0v) is 6.65. The quantitative estimate of drug-likeness (QED) is 0.577. The second-order valence-corrected chi connectivity index (χ2v) is 2.38. The molecular weight excluding hydrogens is 165 g/mol. The third-order valence-electron chi connectivity index (χ3n) is 1.31. The average molecular weight is 170 g/mol. The number of rotatable bonds is 1. The molecule has 4 heteroatoms. The van der Waals surface area contributed by atoms with Crippen molar-refractivity contribution in [1.82, 2.24) is 0 Å². The van der Waals surface area contributed by atoms with E-state index in [9.17, 15) is 4.39 Å². The van der Waals surface area contributed by atoms with Gasteiger partial charge >= 0.3 is 0 Å². The fourth-order valence-corrected chi connectivity index (χ4v) is 0.853. The number of hydrogen-bond acceptors (Lipinski definition) is 1. The van der Waals surface area contributed by atoms with Gasteiger partial charge in [0.1, 0.15) is 7.85 Å². The summed E-state index contributed by atoms with van der Waals surface area (Å²) in [5.41, 5.74) is -0.0778. The van der Waals surface area contributed by atoms with Crippen LogP contribution in [-0.2, 0) is 0 Å². The molecule has 0 spiro atoms. The van der Waals surface area contributed by atoms with Crippen molar-refractivity contribution in [2.75, 3.05) is 7.11 Å². The monoisotopic (exact) mass is 170 g/mol. The molecule has 56 valence electrons.